The van der Waals surface area contributed by atoms with E-state index >= 15 is 0 Å². The summed E-state index contributed by atoms with van der Waals surface area (Å²) in [6.07, 6.45) is 0.829. The fourth-order valence-electron chi connectivity index (χ4n) is 1.88. The second-order valence-corrected chi connectivity index (χ2v) is 4.57. The third-order valence-electron chi connectivity index (χ3n) is 2.96. The summed E-state index contributed by atoms with van der Waals surface area (Å²) in [6, 6.07) is 17.6. The molecule has 3 heteroatoms. The molecule has 2 rings (SSSR count). The molecule has 2 aromatic carbocycles. The number of rotatable bonds is 6. The SMILES string of the molecule is FC(F)=C=CCCc1ccc(OCc2ccccc2)cc1. The molecule has 1 nitrogen and oxygen atoms in total. The van der Waals surface area contributed by atoms with E-state index < -0.39 is 6.08 Å². The molecule has 0 radical (unpaired) electrons. The van der Waals surface area contributed by atoms with E-state index in [0.717, 1.165) is 16.9 Å². The summed E-state index contributed by atoms with van der Waals surface area (Å²) in [6.45, 7) is 0.531. The van der Waals surface area contributed by atoms with Gasteiger partial charge < -0.3 is 4.74 Å². The van der Waals surface area contributed by atoms with Crippen LogP contribution >= 0.6 is 0 Å². The number of halogens is 2. The Labute approximate surface area is 123 Å². The van der Waals surface area contributed by atoms with Crippen LogP contribution < -0.4 is 4.74 Å². The van der Waals surface area contributed by atoms with Crippen LogP contribution in [-0.4, -0.2) is 0 Å². The van der Waals surface area contributed by atoms with Crippen LogP contribution in [-0.2, 0) is 13.0 Å². The average molecular weight is 286 g/mol. The van der Waals surface area contributed by atoms with Crippen molar-refractivity contribution in [1.29, 1.82) is 0 Å². The molecule has 0 aromatic heterocycles. The van der Waals surface area contributed by atoms with Gasteiger partial charge in [-0.3, -0.25) is 0 Å². The van der Waals surface area contributed by atoms with E-state index in [4.69, 9.17) is 4.74 Å². The predicted octanol–water partition coefficient (Wildman–Crippen LogP) is 5.13. The zero-order valence-corrected chi connectivity index (χ0v) is 11.6. The minimum Gasteiger partial charge on any atom is -0.489 e. The van der Waals surface area contributed by atoms with E-state index in [1.165, 1.54) is 6.08 Å². The van der Waals surface area contributed by atoms with Crippen LogP contribution in [0.4, 0.5) is 8.78 Å². The first-order valence-corrected chi connectivity index (χ1v) is 6.76. The maximum atomic E-state index is 11.8. The molecule has 0 spiro atoms. The van der Waals surface area contributed by atoms with Gasteiger partial charge >= 0.3 is 6.08 Å². The molecule has 0 aliphatic rings. The molecule has 0 saturated heterocycles. The number of aryl methyl sites for hydroxylation is 1. The molecule has 108 valence electrons. The minimum absolute atomic E-state index is 0.531. The van der Waals surface area contributed by atoms with Gasteiger partial charge in [-0.15, -0.1) is 0 Å². The maximum absolute atomic E-state index is 11.8. The van der Waals surface area contributed by atoms with Crippen molar-refractivity contribution < 1.29 is 13.5 Å². The molecule has 21 heavy (non-hydrogen) atoms. The zero-order chi connectivity index (χ0) is 14.9. The largest absolute Gasteiger partial charge is 0.489 e. The van der Waals surface area contributed by atoms with E-state index in [-0.39, 0.29) is 0 Å². The second-order valence-electron chi connectivity index (χ2n) is 4.57. The second kappa shape index (κ2) is 8.03. The van der Waals surface area contributed by atoms with Gasteiger partial charge in [0.05, 0.1) is 0 Å². The van der Waals surface area contributed by atoms with Gasteiger partial charge in [-0.2, -0.15) is 8.78 Å². The molecule has 2 aromatic rings. The molecular formula is C18H16F2O. The van der Waals surface area contributed by atoms with Gasteiger partial charge in [0.25, 0.3) is 0 Å². The van der Waals surface area contributed by atoms with Gasteiger partial charge in [-0.05, 0) is 42.2 Å². The van der Waals surface area contributed by atoms with Crippen LogP contribution in [0.2, 0.25) is 0 Å². The molecule has 0 fully saturated rings. The number of hydrogen-bond acceptors (Lipinski definition) is 1. The number of ether oxygens (including phenoxy) is 1. The van der Waals surface area contributed by atoms with Crippen molar-refractivity contribution in [3.63, 3.8) is 0 Å². The van der Waals surface area contributed by atoms with Gasteiger partial charge in [-0.25, -0.2) is 0 Å². The van der Waals surface area contributed by atoms with Crippen molar-refractivity contribution in [2.45, 2.75) is 19.4 Å². The Bertz CT molecular complexity index is 607. The Morgan fingerprint density at radius 2 is 1.67 bits per heavy atom. The van der Waals surface area contributed by atoms with Crippen LogP contribution in [0.1, 0.15) is 17.5 Å². The average Bonchev–Trinajstić information content (AvgIpc) is 2.51. The Hall–Kier alpha value is -2.38. The van der Waals surface area contributed by atoms with Crippen LogP contribution in [0.15, 0.2) is 72.5 Å². The predicted molar refractivity (Wildman–Crippen MR) is 79.3 cm³/mol. The van der Waals surface area contributed by atoms with E-state index in [0.29, 0.717) is 19.4 Å². The molecule has 0 N–H and O–H groups in total. The van der Waals surface area contributed by atoms with Crippen LogP contribution in [0, 0.1) is 0 Å². The molecular weight excluding hydrogens is 270 g/mol. The normalized spacial score (nSPS) is 9.81. The topological polar surface area (TPSA) is 9.23 Å². The highest BCUT2D eigenvalue weighted by Crippen LogP contribution is 2.15. The van der Waals surface area contributed by atoms with Crippen molar-refractivity contribution in [2.24, 2.45) is 0 Å². The highest BCUT2D eigenvalue weighted by molar-refractivity contribution is 5.28. The number of hydrogen-bond donors (Lipinski definition) is 0. The maximum Gasteiger partial charge on any atom is 0.312 e. The lowest BCUT2D eigenvalue weighted by molar-refractivity contribution is 0.306. The van der Waals surface area contributed by atoms with E-state index in [2.05, 4.69) is 0 Å². The molecule has 0 atom stereocenters. The summed E-state index contributed by atoms with van der Waals surface area (Å²) < 4.78 is 29.3. The van der Waals surface area contributed by atoms with Crippen LogP contribution in [0.25, 0.3) is 0 Å². The lowest BCUT2D eigenvalue weighted by Gasteiger charge is -2.07. The van der Waals surface area contributed by atoms with E-state index in [1.54, 1.807) is 0 Å². The summed E-state index contributed by atoms with van der Waals surface area (Å²) >= 11 is 0. The van der Waals surface area contributed by atoms with Gasteiger partial charge in [0.15, 0.2) is 0 Å². The lowest BCUT2D eigenvalue weighted by Crippen LogP contribution is -1.95. The molecule has 0 bridgehead atoms. The fraction of sp³-hybridized carbons (Fsp3) is 0.167. The van der Waals surface area contributed by atoms with Gasteiger partial charge in [0.1, 0.15) is 12.4 Å². The Kier molecular flexibility index (Phi) is 5.74. The first-order valence-electron chi connectivity index (χ1n) is 6.76. The molecule has 0 unspecified atom stereocenters. The van der Waals surface area contributed by atoms with Crippen molar-refractivity contribution in [3.05, 3.63) is 83.6 Å². The minimum atomic E-state index is -1.78. The van der Waals surface area contributed by atoms with Crippen molar-refractivity contribution in [3.8, 4) is 5.75 Å². The Balaban J connectivity index is 1.83. The van der Waals surface area contributed by atoms with Crippen molar-refractivity contribution in [2.75, 3.05) is 0 Å². The number of benzene rings is 2. The first kappa shape index (κ1) is 15.0. The number of allylic oxidation sites excluding steroid dienone is 1. The monoisotopic (exact) mass is 286 g/mol. The quantitative estimate of drug-likeness (QED) is 0.669. The van der Waals surface area contributed by atoms with Crippen LogP contribution in [0.3, 0.4) is 0 Å². The highest BCUT2D eigenvalue weighted by Gasteiger charge is 1.97. The van der Waals surface area contributed by atoms with Gasteiger partial charge in [0.2, 0.25) is 0 Å². The molecule has 0 aliphatic carbocycles. The van der Waals surface area contributed by atoms with Crippen LogP contribution in [0.5, 0.6) is 5.75 Å². The Morgan fingerprint density at radius 3 is 2.33 bits per heavy atom. The summed E-state index contributed by atoms with van der Waals surface area (Å²) in [5, 5.41) is 0. The van der Waals surface area contributed by atoms with Crippen molar-refractivity contribution in [1.82, 2.24) is 0 Å². The zero-order valence-electron chi connectivity index (χ0n) is 11.6. The highest BCUT2D eigenvalue weighted by atomic mass is 19.3. The Morgan fingerprint density at radius 1 is 0.952 bits per heavy atom. The first-order chi connectivity index (χ1) is 10.2. The molecule has 0 aliphatic heterocycles. The molecule has 0 saturated carbocycles. The van der Waals surface area contributed by atoms with Crippen molar-refractivity contribution >= 4 is 0 Å². The van der Waals surface area contributed by atoms with E-state index in [1.807, 2.05) is 60.3 Å². The summed E-state index contributed by atoms with van der Waals surface area (Å²) in [4.78, 5) is 0. The summed E-state index contributed by atoms with van der Waals surface area (Å²) in [7, 11) is 0. The third-order valence-corrected chi connectivity index (χ3v) is 2.96. The van der Waals surface area contributed by atoms with Gasteiger partial charge in [0, 0.05) is 0 Å². The summed E-state index contributed by atoms with van der Waals surface area (Å²) in [5.41, 5.74) is 4.10. The standard InChI is InChI=1S/C18H16F2O/c19-18(20)9-5-4-6-15-10-12-17(13-11-15)21-14-16-7-2-1-3-8-16/h1-3,5,7-8,10-13H,4,6,14H2. The molecule has 0 heterocycles. The molecule has 0 amide bonds. The lowest BCUT2D eigenvalue weighted by atomic mass is 10.1. The smallest absolute Gasteiger partial charge is 0.312 e. The fourth-order valence-corrected chi connectivity index (χ4v) is 1.88. The summed E-state index contributed by atoms with van der Waals surface area (Å²) in [5.74, 6) is 0.799. The van der Waals surface area contributed by atoms with E-state index in [9.17, 15) is 8.78 Å². The van der Waals surface area contributed by atoms with Gasteiger partial charge in [-0.1, -0.05) is 48.2 Å². The third kappa shape index (κ3) is 5.64.